The maximum atomic E-state index is 13.9. The van der Waals surface area contributed by atoms with Crippen molar-refractivity contribution >= 4 is 16.8 Å². The lowest BCUT2D eigenvalue weighted by Gasteiger charge is -2.07. The minimum Gasteiger partial charge on any atom is -0.505 e. The molecule has 0 aliphatic rings. The van der Waals surface area contributed by atoms with Crippen molar-refractivity contribution < 1.29 is 23.4 Å². The number of rotatable bonds is 5. The summed E-state index contributed by atoms with van der Waals surface area (Å²) in [7, 11) is 0. The van der Waals surface area contributed by atoms with Crippen LogP contribution in [0.15, 0.2) is 36.5 Å². The fourth-order valence-corrected chi connectivity index (χ4v) is 2.26. The fourth-order valence-electron chi connectivity index (χ4n) is 2.26. The van der Waals surface area contributed by atoms with E-state index in [1.54, 1.807) is 0 Å². The van der Waals surface area contributed by atoms with Crippen molar-refractivity contribution in [2.45, 2.75) is 0 Å². The SMILES string of the molecule is NCCOc1cnc2ccc(C(=O)c3c(F)ccc(O)c3F)cc2n1. The van der Waals surface area contributed by atoms with Gasteiger partial charge >= 0.3 is 0 Å². The number of halogens is 2. The van der Waals surface area contributed by atoms with Gasteiger partial charge in [-0.2, -0.15) is 0 Å². The van der Waals surface area contributed by atoms with Gasteiger partial charge in [0.2, 0.25) is 5.88 Å². The molecule has 0 saturated carbocycles. The second-order valence-corrected chi connectivity index (χ2v) is 5.13. The number of carbonyl (C=O) groups is 1. The van der Waals surface area contributed by atoms with Crippen LogP contribution in [-0.4, -0.2) is 34.0 Å². The molecule has 128 valence electrons. The standard InChI is InChI=1S/C17H13F2N3O3/c18-10-2-4-13(23)16(19)15(10)17(24)9-1-3-11-12(7-9)22-14(8-21-11)25-6-5-20/h1-4,7-8,23H,5-6,20H2. The molecule has 0 radical (unpaired) electrons. The molecule has 6 nitrogen and oxygen atoms in total. The average Bonchev–Trinajstić information content (AvgIpc) is 2.62. The first-order valence-electron chi connectivity index (χ1n) is 7.32. The van der Waals surface area contributed by atoms with Crippen molar-refractivity contribution in [1.29, 1.82) is 0 Å². The molecule has 0 saturated heterocycles. The zero-order valence-electron chi connectivity index (χ0n) is 12.9. The van der Waals surface area contributed by atoms with Gasteiger partial charge in [-0.15, -0.1) is 0 Å². The van der Waals surface area contributed by atoms with Crippen molar-refractivity contribution in [2.24, 2.45) is 5.73 Å². The summed E-state index contributed by atoms with van der Waals surface area (Å²) in [5.41, 5.74) is 5.32. The highest BCUT2D eigenvalue weighted by Gasteiger charge is 2.22. The largest absolute Gasteiger partial charge is 0.505 e. The highest BCUT2D eigenvalue weighted by atomic mass is 19.1. The van der Waals surface area contributed by atoms with Crippen LogP contribution in [0.5, 0.6) is 11.6 Å². The van der Waals surface area contributed by atoms with E-state index in [4.69, 9.17) is 10.5 Å². The van der Waals surface area contributed by atoms with Crippen LogP contribution in [0.4, 0.5) is 8.78 Å². The first-order valence-corrected chi connectivity index (χ1v) is 7.32. The molecule has 3 aromatic rings. The van der Waals surface area contributed by atoms with Crippen LogP contribution in [0.1, 0.15) is 15.9 Å². The van der Waals surface area contributed by atoms with Gasteiger partial charge in [-0.1, -0.05) is 0 Å². The van der Waals surface area contributed by atoms with Gasteiger partial charge in [0, 0.05) is 12.1 Å². The second kappa shape index (κ2) is 6.78. The van der Waals surface area contributed by atoms with Crippen molar-refractivity contribution in [1.82, 2.24) is 9.97 Å². The molecule has 0 amide bonds. The third kappa shape index (κ3) is 3.24. The average molecular weight is 345 g/mol. The molecule has 0 bridgehead atoms. The smallest absolute Gasteiger partial charge is 0.232 e. The number of aromatic nitrogens is 2. The van der Waals surface area contributed by atoms with Gasteiger partial charge in [0.15, 0.2) is 17.3 Å². The summed E-state index contributed by atoms with van der Waals surface area (Å²) >= 11 is 0. The predicted molar refractivity (Wildman–Crippen MR) is 85.5 cm³/mol. The van der Waals surface area contributed by atoms with Crippen LogP contribution in [-0.2, 0) is 0 Å². The van der Waals surface area contributed by atoms with Crippen molar-refractivity contribution in [2.75, 3.05) is 13.2 Å². The van der Waals surface area contributed by atoms with Crippen molar-refractivity contribution in [3.63, 3.8) is 0 Å². The van der Waals surface area contributed by atoms with E-state index in [2.05, 4.69) is 9.97 Å². The van der Waals surface area contributed by atoms with Gasteiger partial charge in [-0.05, 0) is 30.3 Å². The predicted octanol–water partition coefficient (Wildman–Crippen LogP) is 2.18. The number of fused-ring (bicyclic) bond motifs is 1. The molecule has 1 heterocycles. The number of nitrogens with zero attached hydrogens (tertiary/aromatic N) is 2. The van der Waals surface area contributed by atoms with E-state index in [0.717, 1.165) is 12.1 Å². The minimum absolute atomic E-state index is 0.00109. The topological polar surface area (TPSA) is 98.3 Å². The zero-order valence-corrected chi connectivity index (χ0v) is 12.9. The number of benzene rings is 2. The number of phenols is 1. The first-order chi connectivity index (χ1) is 12.0. The summed E-state index contributed by atoms with van der Waals surface area (Å²) in [6.45, 7) is 0.548. The Bertz CT molecular complexity index is 963. The van der Waals surface area contributed by atoms with Crippen molar-refractivity contribution in [3.05, 3.63) is 59.3 Å². The second-order valence-electron chi connectivity index (χ2n) is 5.13. The third-order valence-electron chi connectivity index (χ3n) is 3.45. The molecule has 0 fully saturated rings. The van der Waals surface area contributed by atoms with E-state index in [1.165, 1.54) is 24.4 Å². The van der Waals surface area contributed by atoms with Gasteiger partial charge in [0.1, 0.15) is 12.4 Å². The zero-order chi connectivity index (χ0) is 18.0. The van der Waals surface area contributed by atoms with E-state index in [-0.39, 0.29) is 18.1 Å². The maximum absolute atomic E-state index is 13.9. The number of aromatic hydroxyl groups is 1. The number of hydrogen-bond acceptors (Lipinski definition) is 6. The molecule has 0 atom stereocenters. The van der Waals surface area contributed by atoms with Gasteiger partial charge in [-0.3, -0.25) is 4.79 Å². The number of ether oxygens (including phenoxy) is 1. The summed E-state index contributed by atoms with van der Waals surface area (Å²) in [4.78, 5) is 20.8. The third-order valence-corrected chi connectivity index (χ3v) is 3.45. The Morgan fingerprint density at radius 3 is 2.76 bits per heavy atom. The highest BCUT2D eigenvalue weighted by molar-refractivity contribution is 6.10. The summed E-state index contributed by atoms with van der Waals surface area (Å²) < 4.78 is 33.1. The number of carbonyl (C=O) groups excluding carboxylic acids is 1. The van der Waals surface area contributed by atoms with Gasteiger partial charge in [-0.25, -0.2) is 18.7 Å². The molecule has 0 spiro atoms. The van der Waals surface area contributed by atoms with Crippen LogP contribution in [0.25, 0.3) is 11.0 Å². The Morgan fingerprint density at radius 2 is 2.00 bits per heavy atom. The molecular weight excluding hydrogens is 332 g/mol. The minimum atomic E-state index is -1.31. The van der Waals surface area contributed by atoms with Crippen molar-refractivity contribution in [3.8, 4) is 11.6 Å². The Kier molecular flexibility index (Phi) is 4.53. The van der Waals surface area contributed by atoms with Crippen LogP contribution in [0, 0.1) is 11.6 Å². The summed E-state index contributed by atoms with van der Waals surface area (Å²) in [6, 6.07) is 5.89. The highest BCUT2D eigenvalue weighted by Crippen LogP contribution is 2.25. The lowest BCUT2D eigenvalue weighted by atomic mass is 10.0. The quantitative estimate of drug-likeness (QED) is 0.688. The van der Waals surface area contributed by atoms with Crippen LogP contribution < -0.4 is 10.5 Å². The molecule has 1 aromatic heterocycles. The molecule has 0 unspecified atom stereocenters. The molecule has 0 aliphatic carbocycles. The number of ketones is 1. The molecular formula is C17H13F2N3O3. The van der Waals surface area contributed by atoms with E-state index in [9.17, 15) is 18.7 Å². The molecule has 2 aromatic carbocycles. The molecule has 3 rings (SSSR count). The Hall–Kier alpha value is -3.13. The Labute approximate surface area is 140 Å². The monoisotopic (exact) mass is 345 g/mol. The molecule has 3 N–H and O–H groups in total. The number of phenolic OH excluding ortho intramolecular Hbond substituents is 1. The Morgan fingerprint density at radius 1 is 1.20 bits per heavy atom. The van der Waals surface area contributed by atoms with Gasteiger partial charge in [0.25, 0.3) is 0 Å². The maximum Gasteiger partial charge on any atom is 0.232 e. The molecule has 25 heavy (non-hydrogen) atoms. The first kappa shape index (κ1) is 16.7. The van der Waals surface area contributed by atoms with Crippen LogP contribution in [0.2, 0.25) is 0 Å². The van der Waals surface area contributed by atoms with E-state index in [0.29, 0.717) is 17.6 Å². The van der Waals surface area contributed by atoms with Crippen LogP contribution >= 0.6 is 0 Å². The normalized spacial score (nSPS) is 10.8. The van der Waals surface area contributed by atoms with Gasteiger partial charge in [0.05, 0.1) is 22.8 Å². The lowest BCUT2D eigenvalue weighted by molar-refractivity contribution is 0.103. The fraction of sp³-hybridized carbons (Fsp3) is 0.118. The summed E-state index contributed by atoms with van der Waals surface area (Å²) in [5, 5.41) is 9.37. The molecule has 0 aliphatic heterocycles. The number of hydrogen-bond donors (Lipinski definition) is 2. The van der Waals surface area contributed by atoms with Crippen LogP contribution in [0.3, 0.4) is 0 Å². The number of nitrogens with two attached hydrogens (primary N) is 1. The van der Waals surface area contributed by atoms with E-state index >= 15 is 0 Å². The lowest BCUT2D eigenvalue weighted by Crippen LogP contribution is -2.11. The molecule has 8 heteroatoms. The van der Waals surface area contributed by atoms with E-state index in [1.807, 2.05) is 0 Å². The summed E-state index contributed by atoms with van der Waals surface area (Å²) in [6.07, 6.45) is 1.41. The van der Waals surface area contributed by atoms with Gasteiger partial charge < -0.3 is 15.6 Å². The summed E-state index contributed by atoms with van der Waals surface area (Å²) in [5.74, 6) is -3.87. The van der Waals surface area contributed by atoms with E-state index < -0.39 is 28.7 Å². The Balaban J connectivity index is 2.03.